The van der Waals surface area contributed by atoms with Gasteiger partial charge < -0.3 is 19.7 Å². The normalized spacial score (nSPS) is 20.3. The summed E-state index contributed by atoms with van der Waals surface area (Å²) in [4.78, 5) is 38.1. The molecule has 1 N–H and O–H groups in total. The Balaban J connectivity index is 1.36. The first-order chi connectivity index (χ1) is 16.2. The van der Waals surface area contributed by atoms with Crippen molar-refractivity contribution in [2.45, 2.75) is 37.5 Å². The molecule has 0 aliphatic carbocycles. The SMILES string of the molecule is CCOC(=O)C1CCN(C(=O)C2CCN(S(=O)(=O)c3cc4c(cc3Cl)NC(=O)CO4)CC2)CC1. The number of nitrogens with one attached hydrogen (secondary N) is 1. The Morgan fingerprint density at radius 3 is 2.41 bits per heavy atom. The van der Waals surface area contributed by atoms with Gasteiger partial charge in [0.15, 0.2) is 6.61 Å². The second-order valence-corrected chi connectivity index (χ2v) is 11.0. The molecule has 0 bridgehead atoms. The van der Waals surface area contributed by atoms with Gasteiger partial charge >= 0.3 is 5.97 Å². The number of carbonyl (C=O) groups excluding carboxylic acids is 3. The lowest BCUT2D eigenvalue weighted by Crippen LogP contribution is -2.47. The van der Waals surface area contributed by atoms with Gasteiger partial charge in [0.25, 0.3) is 5.91 Å². The summed E-state index contributed by atoms with van der Waals surface area (Å²) in [6.45, 7) is 3.32. The van der Waals surface area contributed by atoms with Crippen molar-refractivity contribution < 1.29 is 32.3 Å². The van der Waals surface area contributed by atoms with Crippen LogP contribution >= 0.6 is 11.6 Å². The molecule has 0 unspecified atom stereocenters. The number of sulfonamides is 1. The van der Waals surface area contributed by atoms with Crippen molar-refractivity contribution in [1.82, 2.24) is 9.21 Å². The van der Waals surface area contributed by atoms with Crippen molar-refractivity contribution in [3.05, 3.63) is 17.2 Å². The number of amides is 2. The molecule has 4 rings (SSSR count). The van der Waals surface area contributed by atoms with Gasteiger partial charge in [0, 0.05) is 38.2 Å². The average Bonchev–Trinajstić information content (AvgIpc) is 2.83. The Kier molecular flexibility index (Phi) is 7.34. The van der Waals surface area contributed by atoms with E-state index in [0.717, 1.165) is 0 Å². The minimum Gasteiger partial charge on any atom is -0.482 e. The number of benzene rings is 1. The monoisotopic (exact) mass is 513 g/mol. The van der Waals surface area contributed by atoms with Crippen LogP contribution in [0.4, 0.5) is 5.69 Å². The summed E-state index contributed by atoms with van der Waals surface area (Å²) in [6.07, 6.45) is 1.98. The Labute approximate surface area is 203 Å². The predicted molar refractivity (Wildman–Crippen MR) is 123 cm³/mol. The number of esters is 1. The summed E-state index contributed by atoms with van der Waals surface area (Å²) < 4.78 is 38.2. The third-order valence-corrected chi connectivity index (χ3v) is 8.88. The predicted octanol–water partition coefficient (Wildman–Crippen LogP) is 1.87. The van der Waals surface area contributed by atoms with E-state index in [1.807, 2.05) is 0 Å². The van der Waals surface area contributed by atoms with E-state index in [4.69, 9.17) is 21.1 Å². The van der Waals surface area contributed by atoms with Gasteiger partial charge in [0.1, 0.15) is 10.6 Å². The summed E-state index contributed by atoms with van der Waals surface area (Å²) in [5.74, 6) is -0.718. The summed E-state index contributed by atoms with van der Waals surface area (Å²) in [5.41, 5.74) is 0.330. The van der Waals surface area contributed by atoms with Gasteiger partial charge in [-0.05, 0) is 38.7 Å². The Hall–Kier alpha value is -2.37. The van der Waals surface area contributed by atoms with E-state index in [-0.39, 0.29) is 65.0 Å². The molecule has 0 spiro atoms. The number of anilines is 1. The molecule has 2 saturated heterocycles. The number of carbonyl (C=O) groups is 3. The maximum Gasteiger partial charge on any atom is 0.309 e. The van der Waals surface area contributed by atoms with E-state index in [9.17, 15) is 22.8 Å². The fourth-order valence-corrected chi connectivity index (χ4v) is 6.60. The number of fused-ring (bicyclic) bond motifs is 1. The highest BCUT2D eigenvalue weighted by molar-refractivity contribution is 7.89. The minimum atomic E-state index is -3.90. The first kappa shape index (κ1) is 24.7. The summed E-state index contributed by atoms with van der Waals surface area (Å²) in [6, 6.07) is 2.70. The first-order valence-corrected chi connectivity index (χ1v) is 13.2. The van der Waals surface area contributed by atoms with Crippen molar-refractivity contribution >= 4 is 45.1 Å². The third kappa shape index (κ3) is 5.01. The molecule has 0 saturated carbocycles. The highest BCUT2D eigenvalue weighted by atomic mass is 35.5. The maximum absolute atomic E-state index is 13.2. The molecule has 2 amide bonds. The molecule has 3 aliphatic rings. The fourth-order valence-electron chi connectivity index (χ4n) is 4.62. The van der Waals surface area contributed by atoms with E-state index in [1.165, 1.54) is 16.4 Å². The van der Waals surface area contributed by atoms with Crippen LogP contribution in [0.5, 0.6) is 5.75 Å². The van der Waals surface area contributed by atoms with Gasteiger partial charge in [-0.25, -0.2) is 8.42 Å². The standard InChI is InChI=1S/C22H28ClN3O7S/c1-2-32-22(29)15-3-7-25(8-4-15)21(28)14-5-9-26(10-6-14)34(30,31)19-12-18-17(11-16(19)23)24-20(27)13-33-18/h11-12,14-15H,2-10,13H2,1H3,(H,24,27). The molecule has 0 atom stereocenters. The van der Waals surface area contributed by atoms with Gasteiger partial charge in [-0.15, -0.1) is 0 Å². The quantitative estimate of drug-likeness (QED) is 0.596. The Morgan fingerprint density at radius 1 is 1.12 bits per heavy atom. The Morgan fingerprint density at radius 2 is 1.76 bits per heavy atom. The second kappa shape index (κ2) is 10.1. The number of hydrogen-bond donors (Lipinski definition) is 1. The lowest BCUT2D eigenvalue weighted by molar-refractivity contribution is -0.152. The van der Waals surface area contributed by atoms with Crippen LogP contribution in [0, 0.1) is 11.8 Å². The zero-order valence-electron chi connectivity index (χ0n) is 18.9. The van der Waals surface area contributed by atoms with Crippen LogP contribution < -0.4 is 10.1 Å². The van der Waals surface area contributed by atoms with Crippen LogP contribution in [-0.2, 0) is 29.1 Å². The number of rotatable bonds is 5. The lowest BCUT2D eigenvalue weighted by atomic mass is 9.92. The fraction of sp³-hybridized carbons (Fsp3) is 0.591. The summed E-state index contributed by atoms with van der Waals surface area (Å²) in [5, 5.41) is 2.59. The summed E-state index contributed by atoms with van der Waals surface area (Å²) in [7, 11) is -3.90. The molecule has 12 heteroatoms. The van der Waals surface area contributed by atoms with E-state index >= 15 is 0 Å². The van der Waals surface area contributed by atoms with E-state index in [2.05, 4.69) is 5.32 Å². The molecule has 0 radical (unpaired) electrons. The molecular weight excluding hydrogens is 486 g/mol. The topological polar surface area (TPSA) is 122 Å². The minimum absolute atomic E-state index is 0.00720. The number of hydrogen-bond acceptors (Lipinski definition) is 7. The van der Waals surface area contributed by atoms with Crippen molar-refractivity contribution in [2.24, 2.45) is 11.8 Å². The van der Waals surface area contributed by atoms with Crippen molar-refractivity contribution in [2.75, 3.05) is 44.7 Å². The Bertz CT molecular complexity index is 1080. The van der Waals surface area contributed by atoms with E-state index < -0.39 is 10.0 Å². The van der Waals surface area contributed by atoms with Crippen LogP contribution in [0.15, 0.2) is 17.0 Å². The van der Waals surface area contributed by atoms with Gasteiger partial charge in [-0.1, -0.05) is 11.6 Å². The van der Waals surface area contributed by atoms with Crippen LogP contribution in [-0.4, -0.2) is 74.8 Å². The van der Waals surface area contributed by atoms with Crippen molar-refractivity contribution in [3.8, 4) is 5.75 Å². The number of nitrogens with zero attached hydrogens (tertiary/aromatic N) is 2. The van der Waals surface area contributed by atoms with Gasteiger partial charge in [0.2, 0.25) is 15.9 Å². The molecule has 0 aromatic heterocycles. The molecule has 34 heavy (non-hydrogen) atoms. The molecule has 2 fully saturated rings. The van der Waals surface area contributed by atoms with Crippen LogP contribution in [0.2, 0.25) is 5.02 Å². The lowest BCUT2D eigenvalue weighted by Gasteiger charge is -2.36. The second-order valence-electron chi connectivity index (χ2n) is 8.65. The van der Waals surface area contributed by atoms with Crippen molar-refractivity contribution in [1.29, 1.82) is 0 Å². The number of ether oxygens (including phenoxy) is 2. The zero-order valence-corrected chi connectivity index (χ0v) is 20.5. The first-order valence-electron chi connectivity index (χ1n) is 11.4. The molecule has 3 heterocycles. The van der Waals surface area contributed by atoms with Gasteiger partial charge in [-0.3, -0.25) is 14.4 Å². The number of halogens is 1. The van der Waals surface area contributed by atoms with Crippen LogP contribution in [0.3, 0.4) is 0 Å². The highest BCUT2D eigenvalue weighted by Crippen LogP contribution is 2.37. The van der Waals surface area contributed by atoms with E-state index in [1.54, 1.807) is 11.8 Å². The zero-order chi connectivity index (χ0) is 24.5. The van der Waals surface area contributed by atoms with Crippen molar-refractivity contribution in [3.63, 3.8) is 0 Å². The average molecular weight is 514 g/mol. The van der Waals surface area contributed by atoms with Crippen LogP contribution in [0.1, 0.15) is 32.6 Å². The third-order valence-electron chi connectivity index (χ3n) is 6.51. The molecule has 3 aliphatic heterocycles. The molecule has 186 valence electrons. The molecule has 1 aromatic carbocycles. The molecule has 10 nitrogen and oxygen atoms in total. The van der Waals surface area contributed by atoms with Gasteiger partial charge in [-0.2, -0.15) is 4.31 Å². The molecule has 1 aromatic rings. The number of likely N-dealkylation sites (tertiary alicyclic amines) is 1. The summed E-state index contributed by atoms with van der Waals surface area (Å²) >= 11 is 6.24. The maximum atomic E-state index is 13.2. The highest BCUT2D eigenvalue weighted by Gasteiger charge is 2.37. The molecular formula is C22H28ClN3O7S. The van der Waals surface area contributed by atoms with Gasteiger partial charge in [0.05, 0.1) is 23.2 Å². The number of piperidine rings is 2. The smallest absolute Gasteiger partial charge is 0.309 e. The largest absolute Gasteiger partial charge is 0.482 e. The van der Waals surface area contributed by atoms with Crippen LogP contribution in [0.25, 0.3) is 0 Å². The van der Waals surface area contributed by atoms with E-state index in [0.29, 0.717) is 51.1 Å².